The summed E-state index contributed by atoms with van der Waals surface area (Å²) in [6, 6.07) is 0. The second-order valence-corrected chi connectivity index (χ2v) is 3.98. The lowest BCUT2D eigenvalue weighted by Crippen LogP contribution is -2.28. The van der Waals surface area contributed by atoms with Crippen LogP contribution in [0.1, 0.15) is 24.6 Å². The Hall–Kier alpha value is -0.940. The van der Waals surface area contributed by atoms with Crippen molar-refractivity contribution in [2.75, 3.05) is 19.7 Å². The summed E-state index contributed by atoms with van der Waals surface area (Å²) in [5.41, 5.74) is 0. The van der Waals surface area contributed by atoms with Crippen molar-refractivity contribution in [2.24, 2.45) is 5.92 Å². The standard InChI is InChI=1S/C10H17N3O2/c14-6-3-9-12-10(15-13-9)7-8-1-4-11-5-2-8/h8,11,14H,1-7H2. The van der Waals surface area contributed by atoms with E-state index in [1.807, 2.05) is 0 Å². The molecule has 1 aliphatic heterocycles. The molecule has 84 valence electrons. The van der Waals surface area contributed by atoms with Crippen LogP contribution in [0.15, 0.2) is 4.52 Å². The lowest BCUT2D eigenvalue weighted by atomic mass is 9.95. The number of aromatic nitrogens is 2. The zero-order chi connectivity index (χ0) is 10.5. The van der Waals surface area contributed by atoms with E-state index in [2.05, 4.69) is 15.5 Å². The summed E-state index contributed by atoms with van der Waals surface area (Å²) in [5, 5.41) is 15.9. The molecule has 2 N–H and O–H groups in total. The van der Waals surface area contributed by atoms with Crippen molar-refractivity contribution in [3.8, 4) is 0 Å². The maximum Gasteiger partial charge on any atom is 0.226 e. The first kappa shape index (κ1) is 10.6. The third-order valence-electron chi connectivity index (χ3n) is 2.77. The summed E-state index contributed by atoms with van der Waals surface area (Å²) in [7, 11) is 0. The smallest absolute Gasteiger partial charge is 0.226 e. The van der Waals surface area contributed by atoms with Gasteiger partial charge in [-0.05, 0) is 31.8 Å². The van der Waals surface area contributed by atoms with Gasteiger partial charge in [-0.25, -0.2) is 0 Å². The lowest BCUT2D eigenvalue weighted by molar-refractivity contribution is 0.290. The third kappa shape index (κ3) is 3.00. The zero-order valence-corrected chi connectivity index (χ0v) is 8.78. The van der Waals surface area contributed by atoms with E-state index in [9.17, 15) is 0 Å². The van der Waals surface area contributed by atoms with Crippen molar-refractivity contribution in [1.29, 1.82) is 0 Å². The molecule has 15 heavy (non-hydrogen) atoms. The second-order valence-electron chi connectivity index (χ2n) is 3.98. The van der Waals surface area contributed by atoms with Crippen LogP contribution in [0.4, 0.5) is 0 Å². The molecule has 0 amide bonds. The number of nitrogens with one attached hydrogen (secondary N) is 1. The van der Waals surface area contributed by atoms with Crippen LogP contribution in [0.3, 0.4) is 0 Å². The first-order chi connectivity index (χ1) is 7.38. The van der Waals surface area contributed by atoms with Crippen molar-refractivity contribution in [2.45, 2.75) is 25.7 Å². The average Bonchev–Trinajstić information content (AvgIpc) is 2.68. The molecular weight excluding hydrogens is 194 g/mol. The Morgan fingerprint density at radius 2 is 2.20 bits per heavy atom. The van der Waals surface area contributed by atoms with Crippen LogP contribution in [0.25, 0.3) is 0 Å². The molecule has 5 heteroatoms. The van der Waals surface area contributed by atoms with Crippen molar-refractivity contribution in [1.82, 2.24) is 15.5 Å². The molecule has 1 fully saturated rings. The summed E-state index contributed by atoms with van der Waals surface area (Å²) >= 11 is 0. The Kier molecular flexibility index (Phi) is 3.69. The molecule has 0 aromatic carbocycles. The monoisotopic (exact) mass is 211 g/mol. The van der Waals surface area contributed by atoms with Crippen LogP contribution in [0.2, 0.25) is 0 Å². The topological polar surface area (TPSA) is 71.2 Å². The molecule has 0 unspecified atom stereocenters. The molecule has 0 bridgehead atoms. The SMILES string of the molecule is OCCc1noc(CC2CCNCC2)n1. The molecule has 2 heterocycles. The predicted molar refractivity (Wildman–Crippen MR) is 54.4 cm³/mol. The molecule has 1 aliphatic rings. The highest BCUT2D eigenvalue weighted by Gasteiger charge is 2.16. The summed E-state index contributed by atoms with van der Waals surface area (Å²) in [4.78, 5) is 4.24. The van der Waals surface area contributed by atoms with Crippen LogP contribution in [-0.2, 0) is 12.8 Å². The van der Waals surface area contributed by atoms with Gasteiger partial charge in [-0.2, -0.15) is 4.98 Å². The molecule has 0 saturated carbocycles. The highest BCUT2D eigenvalue weighted by Crippen LogP contribution is 2.16. The van der Waals surface area contributed by atoms with Gasteiger partial charge in [0.05, 0.1) is 6.61 Å². The summed E-state index contributed by atoms with van der Waals surface area (Å²) in [5.74, 6) is 1.99. The quantitative estimate of drug-likeness (QED) is 0.741. The van der Waals surface area contributed by atoms with Gasteiger partial charge < -0.3 is 14.9 Å². The molecule has 0 spiro atoms. The van der Waals surface area contributed by atoms with Gasteiger partial charge in [0, 0.05) is 12.8 Å². The van der Waals surface area contributed by atoms with Gasteiger partial charge in [-0.15, -0.1) is 0 Å². The number of piperidine rings is 1. The van der Waals surface area contributed by atoms with Crippen molar-refractivity contribution < 1.29 is 9.63 Å². The molecule has 0 atom stereocenters. The van der Waals surface area contributed by atoms with Crippen LogP contribution in [-0.4, -0.2) is 34.9 Å². The fourth-order valence-electron chi connectivity index (χ4n) is 1.91. The van der Waals surface area contributed by atoms with E-state index in [0.29, 0.717) is 24.1 Å². The first-order valence-electron chi connectivity index (χ1n) is 5.51. The highest BCUT2D eigenvalue weighted by atomic mass is 16.5. The molecule has 2 rings (SSSR count). The van der Waals surface area contributed by atoms with Gasteiger partial charge in [0.25, 0.3) is 0 Å². The fraction of sp³-hybridized carbons (Fsp3) is 0.800. The summed E-state index contributed by atoms with van der Waals surface area (Å²) in [6.45, 7) is 2.25. The minimum absolute atomic E-state index is 0.0757. The van der Waals surface area contributed by atoms with Crippen LogP contribution in [0, 0.1) is 5.92 Å². The van der Waals surface area contributed by atoms with E-state index >= 15 is 0 Å². The number of aliphatic hydroxyl groups is 1. The Labute approximate surface area is 88.9 Å². The first-order valence-corrected chi connectivity index (χ1v) is 5.51. The van der Waals surface area contributed by atoms with E-state index < -0.39 is 0 Å². The lowest BCUT2D eigenvalue weighted by Gasteiger charge is -2.20. The van der Waals surface area contributed by atoms with E-state index in [1.54, 1.807) is 0 Å². The van der Waals surface area contributed by atoms with E-state index in [0.717, 1.165) is 19.5 Å². The number of hydrogen-bond donors (Lipinski definition) is 2. The largest absolute Gasteiger partial charge is 0.396 e. The summed E-state index contributed by atoms with van der Waals surface area (Å²) < 4.78 is 5.13. The molecule has 1 saturated heterocycles. The van der Waals surface area contributed by atoms with Gasteiger partial charge in [0.1, 0.15) is 0 Å². The molecule has 0 aliphatic carbocycles. The normalized spacial score (nSPS) is 18.2. The third-order valence-corrected chi connectivity index (χ3v) is 2.77. The number of nitrogens with zero attached hydrogens (tertiary/aromatic N) is 2. The molecular formula is C10H17N3O2. The van der Waals surface area contributed by atoms with Crippen LogP contribution < -0.4 is 5.32 Å². The highest BCUT2D eigenvalue weighted by molar-refractivity contribution is 4.89. The maximum atomic E-state index is 8.72. The van der Waals surface area contributed by atoms with Gasteiger partial charge in [0.2, 0.25) is 5.89 Å². The zero-order valence-electron chi connectivity index (χ0n) is 8.78. The van der Waals surface area contributed by atoms with Gasteiger partial charge in [-0.3, -0.25) is 0 Å². The molecule has 1 aromatic rings. The van der Waals surface area contributed by atoms with Crippen LogP contribution >= 0.6 is 0 Å². The molecule has 1 aromatic heterocycles. The average molecular weight is 211 g/mol. The Balaban J connectivity index is 1.86. The van der Waals surface area contributed by atoms with E-state index in [1.165, 1.54) is 12.8 Å². The van der Waals surface area contributed by atoms with Crippen molar-refractivity contribution in [3.63, 3.8) is 0 Å². The number of aliphatic hydroxyl groups excluding tert-OH is 1. The number of hydrogen-bond acceptors (Lipinski definition) is 5. The Morgan fingerprint density at radius 3 is 2.93 bits per heavy atom. The van der Waals surface area contributed by atoms with Crippen molar-refractivity contribution in [3.05, 3.63) is 11.7 Å². The molecule has 5 nitrogen and oxygen atoms in total. The van der Waals surface area contributed by atoms with Crippen LogP contribution in [0.5, 0.6) is 0 Å². The minimum atomic E-state index is 0.0757. The van der Waals surface area contributed by atoms with E-state index in [-0.39, 0.29) is 6.61 Å². The Bertz CT molecular complexity index is 295. The predicted octanol–water partition coefficient (Wildman–Crippen LogP) is 0.146. The minimum Gasteiger partial charge on any atom is -0.396 e. The van der Waals surface area contributed by atoms with Gasteiger partial charge in [-0.1, -0.05) is 5.16 Å². The number of rotatable bonds is 4. The fourth-order valence-corrected chi connectivity index (χ4v) is 1.91. The maximum absolute atomic E-state index is 8.72. The van der Waals surface area contributed by atoms with E-state index in [4.69, 9.17) is 9.63 Å². The molecule has 0 radical (unpaired) electrons. The van der Waals surface area contributed by atoms with Gasteiger partial charge in [0.15, 0.2) is 5.82 Å². The summed E-state index contributed by atoms with van der Waals surface area (Å²) in [6.07, 6.45) is 3.71. The van der Waals surface area contributed by atoms with Gasteiger partial charge >= 0.3 is 0 Å². The second kappa shape index (κ2) is 5.23. The Morgan fingerprint density at radius 1 is 1.40 bits per heavy atom. The van der Waals surface area contributed by atoms with Crippen molar-refractivity contribution >= 4 is 0 Å².